The van der Waals surface area contributed by atoms with E-state index in [9.17, 15) is 13.2 Å². The van der Waals surface area contributed by atoms with Crippen LogP contribution in [0.15, 0.2) is 53.7 Å². The number of aromatic nitrogens is 2. The molecule has 3 aromatic rings. The van der Waals surface area contributed by atoms with Gasteiger partial charge in [0.05, 0.1) is 31.0 Å². The zero-order valence-electron chi connectivity index (χ0n) is 17.0. The number of thioether (sulfide) groups is 1. The summed E-state index contributed by atoms with van der Waals surface area (Å²) in [6.07, 6.45) is -0.844. The van der Waals surface area contributed by atoms with E-state index in [2.05, 4.69) is 14.7 Å². The van der Waals surface area contributed by atoms with E-state index in [4.69, 9.17) is 9.47 Å². The molecule has 0 saturated heterocycles. The van der Waals surface area contributed by atoms with Gasteiger partial charge in [0.25, 0.3) is 0 Å². The van der Waals surface area contributed by atoms with Crippen LogP contribution < -0.4 is 4.74 Å². The third-order valence-corrected chi connectivity index (χ3v) is 5.48. The summed E-state index contributed by atoms with van der Waals surface area (Å²) >= 11 is 1.60. The Morgan fingerprint density at radius 3 is 2.55 bits per heavy atom. The zero-order valence-corrected chi connectivity index (χ0v) is 17.8. The second-order valence-corrected chi connectivity index (χ2v) is 7.76. The predicted molar refractivity (Wildman–Crippen MR) is 113 cm³/mol. The number of benzene rings is 1. The number of hydrogen-bond acceptors (Lipinski definition) is 6. The van der Waals surface area contributed by atoms with E-state index in [1.165, 1.54) is 0 Å². The van der Waals surface area contributed by atoms with Crippen molar-refractivity contribution in [3.8, 4) is 5.75 Å². The fourth-order valence-corrected chi connectivity index (χ4v) is 3.73. The molecular formula is C22H23F3N2O3S. The Bertz CT molecular complexity index is 980. The van der Waals surface area contributed by atoms with Gasteiger partial charge in [-0.1, -0.05) is 12.1 Å². The second kappa shape index (κ2) is 11.3. The van der Waals surface area contributed by atoms with E-state index in [0.29, 0.717) is 19.0 Å². The summed E-state index contributed by atoms with van der Waals surface area (Å²) in [6, 6.07) is 11.6. The molecule has 1 aromatic carbocycles. The first-order valence-corrected chi connectivity index (χ1v) is 10.7. The standard InChI is InChI=1S/C22H23F3N2O3S/c1-16-19(14-30-20-6-8-26-18-5-3-2-4-17(18)20)27-9-7-21(16)31-13-12-28-10-11-29-15-22(23,24)25/h2-9H,10-15H2,1H3. The van der Waals surface area contributed by atoms with Gasteiger partial charge in [-0.2, -0.15) is 13.2 Å². The fraction of sp³-hybridized carbons (Fsp3) is 0.364. The maximum atomic E-state index is 12.0. The normalized spacial score (nSPS) is 11.7. The van der Waals surface area contributed by atoms with Crippen LogP contribution in [0.4, 0.5) is 13.2 Å². The van der Waals surface area contributed by atoms with Crippen LogP contribution in [-0.4, -0.2) is 48.3 Å². The molecule has 166 valence electrons. The number of ether oxygens (including phenoxy) is 3. The van der Waals surface area contributed by atoms with Crippen LogP contribution in [0.1, 0.15) is 11.3 Å². The van der Waals surface area contributed by atoms with Crippen LogP contribution in [0, 0.1) is 6.92 Å². The maximum Gasteiger partial charge on any atom is 0.411 e. The molecule has 0 atom stereocenters. The summed E-state index contributed by atoms with van der Waals surface area (Å²) in [5.41, 5.74) is 2.74. The van der Waals surface area contributed by atoms with Gasteiger partial charge in [-0.25, -0.2) is 0 Å². The monoisotopic (exact) mass is 452 g/mol. The van der Waals surface area contributed by atoms with Crippen molar-refractivity contribution >= 4 is 22.7 Å². The van der Waals surface area contributed by atoms with E-state index in [1.807, 2.05) is 43.3 Å². The Balaban J connectivity index is 1.45. The topological polar surface area (TPSA) is 53.5 Å². The van der Waals surface area contributed by atoms with E-state index in [-0.39, 0.29) is 13.2 Å². The Labute approximate surface area is 182 Å². The van der Waals surface area contributed by atoms with Gasteiger partial charge in [-0.15, -0.1) is 11.8 Å². The van der Waals surface area contributed by atoms with Gasteiger partial charge < -0.3 is 14.2 Å². The Morgan fingerprint density at radius 1 is 0.935 bits per heavy atom. The number of pyridine rings is 2. The highest BCUT2D eigenvalue weighted by Crippen LogP contribution is 2.27. The fourth-order valence-electron chi connectivity index (χ4n) is 2.82. The first-order valence-electron chi connectivity index (χ1n) is 9.70. The first-order chi connectivity index (χ1) is 14.9. The van der Waals surface area contributed by atoms with E-state index in [1.54, 1.807) is 24.2 Å². The molecule has 0 spiro atoms. The molecular weight excluding hydrogens is 429 g/mol. The van der Waals surface area contributed by atoms with Crippen molar-refractivity contribution in [1.82, 2.24) is 9.97 Å². The number of nitrogens with zero attached hydrogens (tertiary/aromatic N) is 2. The second-order valence-electron chi connectivity index (χ2n) is 6.62. The number of hydrogen-bond donors (Lipinski definition) is 0. The highest BCUT2D eigenvalue weighted by Gasteiger charge is 2.27. The average Bonchev–Trinajstić information content (AvgIpc) is 2.75. The van der Waals surface area contributed by atoms with Gasteiger partial charge in [0.2, 0.25) is 0 Å². The molecule has 0 unspecified atom stereocenters. The number of alkyl halides is 3. The quantitative estimate of drug-likeness (QED) is 0.294. The summed E-state index contributed by atoms with van der Waals surface area (Å²) in [4.78, 5) is 9.83. The minimum absolute atomic E-state index is 0.0797. The number of fused-ring (bicyclic) bond motifs is 1. The molecule has 2 heterocycles. The first kappa shape index (κ1) is 23.3. The Hall–Kier alpha value is -2.36. The number of rotatable bonds is 11. The smallest absolute Gasteiger partial charge is 0.411 e. The van der Waals surface area contributed by atoms with E-state index >= 15 is 0 Å². The van der Waals surface area contributed by atoms with Crippen molar-refractivity contribution in [3.63, 3.8) is 0 Å². The van der Waals surface area contributed by atoms with Crippen molar-refractivity contribution in [2.45, 2.75) is 24.6 Å². The van der Waals surface area contributed by atoms with Gasteiger partial charge >= 0.3 is 6.18 Å². The van der Waals surface area contributed by atoms with Crippen molar-refractivity contribution in [3.05, 3.63) is 60.0 Å². The van der Waals surface area contributed by atoms with Crippen LogP contribution in [-0.2, 0) is 16.1 Å². The van der Waals surface area contributed by atoms with Gasteiger partial charge in [-0.05, 0) is 36.8 Å². The largest absolute Gasteiger partial charge is 0.487 e. The Morgan fingerprint density at radius 2 is 1.71 bits per heavy atom. The lowest BCUT2D eigenvalue weighted by atomic mass is 10.2. The number of para-hydroxylation sites is 1. The minimum atomic E-state index is -4.30. The summed E-state index contributed by atoms with van der Waals surface area (Å²) in [5.74, 6) is 1.42. The van der Waals surface area contributed by atoms with Crippen LogP contribution in [0.2, 0.25) is 0 Å². The predicted octanol–water partition coefficient (Wildman–Crippen LogP) is 5.20. The van der Waals surface area contributed by atoms with Crippen molar-refractivity contribution in [2.75, 3.05) is 32.2 Å². The molecule has 0 fully saturated rings. The van der Waals surface area contributed by atoms with Crippen LogP contribution >= 0.6 is 11.8 Å². The molecule has 0 saturated carbocycles. The van der Waals surface area contributed by atoms with Gasteiger partial charge in [0, 0.05) is 28.4 Å². The highest BCUT2D eigenvalue weighted by molar-refractivity contribution is 7.99. The third-order valence-electron chi connectivity index (χ3n) is 4.36. The summed E-state index contributed by atoms with van der Waals surface area (Å²) < 4.78 is 51.8. The summed E-state index contributed by atoms with van der Waals surface area (Å²) in [6.45, 7) is 1.54. The molecule has 0 bridgehead atoms. The lowest BCUT2D eigenvalue weighted by Gasteiger charge is -2.13. The van der Waals surface area contributed by atoms with Crippen LogP contribution in [0.3, 0.4) is 0 Å². The lowest BCUT2D eigenvalue weighted by molar-refractivity contribution is -0.176. The third kappa shape index (κ3) is 7.37. The molecule has 9 heteroatoms. The molecule has 0 radical (unpaired) electrons. The molecule has 2 aromatic heterocycles. The molecule has 0 aliphatic rings. The number of halogens is 3. The van der Waals surface area contributed by atoms with Crippen molar-refractivity contribution in [2.24, 2.45) is 0 Å². The molecule has 31 heavy (non-hydrogen) atoms. The molecule has 0 amide bonds. The van der Waals surface area contributed by atoms with Crippen LogP contribution in [0.5, 0.6) is 5.75 Å². The average molecular weight is 452 g/mol. The maximum absolute atomic E-state index is 12.0. The molecule has 5 nitrogen and oxygen atoms in total. The molecule has 0 aliphatic carbocycles. The summed E-state index contributed by atoms with van der Waals surface area (Å²) in [7, 11) is 0. The van der Waals surface area contributed by atoms with E-state index in [0.717, 1.165) is 32.8 Å². The zero-order chi connectivity index (χ0) is 22.1. The van der Waals surface area contributed by atoms with Crippen molar-refractivity contribution < 1.29 is 27.4 Å². The SMILES string of the molecule is Cc1c(SCCOCCOCC(F)(F)F)ccnc1COc1ccnc2ccccc12. The van der Waals surface area contributed by atoms with Crippen molar-refractivity contribution in [1.29, 1.82) is 0 Å². The van der Waals surface area contributed by atoms with Gasteiger partial charge in [-0.3, -0.25) is 9.97 Å². The minimum Gasteiger partial charge on any atom is -0.487 e. The van der Waals surface area contributed by atoms with Gasteiger partial charge in [0.1, 0.15) is 19.0 Å². The highest BCUT2D eigenvalue weighted by atomic mass is 32.2. The Kier molecular flexibility index (Phi) is 8.51. The van der Waals surface area contributed by atoms with E-state index < -0.39 is 12.8 Å². The molecule has 0 aliphatic heterocycles. The lowest BCUT2D eigenvalue weighted by Crippen LogP contribution is -2.19. The van der Waals surface area contributed by atoms with Gasteiger partial charge in [0.15, 0.2) is 0 Å². The molecule has 0 N–H and O–H groups in total. The summed E-state index contributed by atoms with van der Waals surface area (Å²) in [5, 5.41) is 0.949. The molecule has 3 rings (SSSR count). The van der Waals surface area contributed by atoms with Crippen LogP contribution in [0.25, 0.3) is 10.9 Å².